The average molecular weight is 775 g/mol. The normalized spacial score (nSPS) is 46.4. The predicted molar refractivity (Wildman–Crippen MR) is 166 cm³/mol. The van der Waals surface area contributed by atoms with E-state index in [1.54, 1.807) is 0 Å². The van der Waals surface area contributed by atoms with Gasteiger partial charge in [-0.2, -0.15) is 0 Å². The Morgan fingerprint density at radius 1 is 0.660 bits per heavy atom. The van der Waals surface area contributed by atoms with E-state index in [1.165, 1.54) is 6.92 Å². The maximum Gasteiger partial charge on any atom is 0.217 e. The summed E-state index contributed by atoms with van der Waals surface area (Å²) in [6.07, 6.45) is -32.5. The number of carbonyl (C=O) groups excluding carboxylic acids is 1. The van der Waals surface area contributed by atoms with E-state index in [4.69, 9.17) is 43.4 Å². The second-order valence-electron chi connectivity index (χ2n) is 13.0. The zero-order valence-electron chi connectivity index (χ0n) is 28.7. The minimum Gasteiger partial charge on any atom is -0.394 e. The molecule has 0 spiro atoms. The Bertz CT molecular complexity index is 1200. The van der Waals surface area contributed by atoms with Crippen LogP contribution in [0.3, 0.4) is 0 Å². The Balaban J connectivity index is 1.69. The summed E-state index contributed by atoms with van der Waals surface area (Å²) in [7, 11) is 0. The number of aliphatic hydroxyl groups excluding tert-OH is 11. The summed E-state index contributed by atoms with van der Waals surface area (Å²) in [4.78, 5) is 14.8. The molecule has 20 atom stereocenters. The van der Waals surface area contributed by atoms with E-state index in [-0.39, 0.29) is 19.6 Å². The zero-order chi connectivity index (χ0) is 39.1. The van der Waals surface area contributed by atoms with Crippen LogP contribution in [0.2, 0.25) is 0 Å². The standard InChI is InChI=1S/C29H50N4O20/c1-9-15(38)19(42)21(44)27(47-9)53-25-24(52-28-22(45)20(43)16(39)11(6-34)48-28)17(40)12(7-35)49-29(25)51-23-13(8-36)50-26(46-5-3-4-31-33-30)14(18(23)41)32-10(2)37/h9,11-29,34-36,38-45H,3-8H2,1-2H3,(H,32,37)/t9?,11?,12?,13?,14?,15-,16+,17+,18-,19?,20+,21+,22?,23?,24+,25?,26-,27+,28-,29+/m1/s1. The van der Waals surface area contributed by atoms with Gasteiger partial charge in [0, 0.05) is 25.0 Å². The molecule has 4 fully saturated rings. The molecule has 4 aliphatic rings. The van der Waals surface area contributed by atoms with Crippen molar-refractivity contribution in [2.75, 3.05) is 33.0 Å². The molecule has 4 saturated heterocycles. The van der Waals surface area contributed by atoms with Gasteiger partial charge >= 0.3 is 0 Å². The maximum absolute atomic E-state index is 12.2. The average Bonchev–Trinajstić information content (AvgIpc) is 3.13. The fourth-order valence-corrected chi connectivity index (χ4v) is 6.37. The van der Waals surface area contributed by atoms with E-state index < -0.39 is 148 Å². The minimum atomic E-state index is -2.00. The SMILES string of the molecule is CC(=O)NC1[C@H](OCCCN=[N+]=[N-])OC(CO)C(O[C@@H]2OC(CO)[C@H](O)[C@H](O[C@H]3OC(CO)[C@H](O)[C@H](O)C3O)C2O[C@@H]2OC(C)[C@@H](O)C(O)[C@@H]2O)[C@@H]1O. The molecule has 53 heavy (non-hydrogen) atoms. The van der Waals surface area contributed by atoms with Crippen molar-refractivity contribution >= 4 is 5.91 Å². The Morgan fingerprint density at radius 2 is 1.19 bits per heavy atom. The van der Waals surface area contributed by atoms with Gasteiger partial charge in [0.05, 0.1) is 25.9 Å². The van der Waals surface area contributed by atoms with Gasteiger partial charge in [0.2, 0.25) is 5.91 Å². The van der Waals surface area contributed by atoms with Crippen molar-refractivity contribution in [2.24, 2.45) is 5.11 Å². The van der Waals surface area contributed by atoms with E-state index in [9.17, 15) is 61.0 Å². The van der Waals surface area contributed by atoms with Gasteiger partial charge in [0.15, 0.2) is 25.2 Å². The van der Waals surface area contributed by atoms with E-state index in [1.807, 2.05) is 0 Å². The van der Waals surface area contributed by atoms with Crippen molar-refractivity contribution in [1.82, 2.24) is 5.32 Å². The lowest BCUT2D eigenvalue weighted by atomic mass is 9.94. The van der Waals surface area contributed by atoms with Crippen LogP contribution in [0, 0.1) is 0 Å². The van der Waals surface area contributed by atoms with Gasteiger partial charge in [0.25, 0.3) is 0 Å². The van der Waals surface area contributed by atoms with Crippen molar-refractivity contribution in [2.45, 2.75) is 143 Å². The molecule has 0 aliphatic carbocycles. The lowest BCUT2D eigenvalue weighted by Crippen LogP contribution is -2.69. The number of carbonyl (C=O) groups is 1. The lowest BCUT2D eigenvalue weighted by Gasteiger charge is -2.50. The second kappa shape index (κ2) is 19.7. The number of nitrogens with one attached hydrogen (secondary N) is 1. The molecule has 306 valence electrons. The monoisotopic (exact) mass is 774 g/mol. The molecule has 0 radical (unpaired) electrons. The molecule has 0 aromatic heterocycles. The number of nitrogens with zero attached hydrogens (tertiary/aromatic N) is 3. The summed E-state index contributed by atoms with van der Waals surface area (Å²) in [6.45, 7) is -0.0997. The Hall–Kier alpha value is -1.98. The molecule has 12 N–H and O–H groups in total. The Labute approximate surface area is 301 Å². The number of ether oxygens (including phenoxy) is 8. The largest absolute Gasteiger partial charge is 0.394 e. The van der Waals surface area contributed by atoms with Crippen LogP contribution in [0.4, 0.5) is 0 Å². The summed E-state index contributed by atoms with van der Waals surface area (Å²) in [5, 5.41) is 122. The van der Waals surface area contributed by atoms with Crippen LogP contribution < -0.4 is 5.32 Å². The molecule has 0 bridgehead atoms. The van der Waals surface area contributed by atoms with Crippen LogP contribution in [-0.4, -0.2) is 218 Å². The first-order valence-electron chi connectivity index (χ1n) is 16.9. The van der Waals surface area contributed by atoms with E-state index >= 15 is 0 Å². The molecule has 1 amide bonds. The van der Waals surface area contributed by atoms with Gasteiger partial charge in [-0.25, -0.2) is 0 Å². The van der Waals surface area contributed by atoms with Gasteiger partial charge in [0.1, 0.15) is 91.5 Å². The van der Waals surface area contributed by atoms with Crippen molar-refractivity contribution < 1.29 is 98.9 Å². The van der Waals surface area contributed by atoms with Crippen molar-refractivity contribution in [3.05, 3.63) is 10.4 Å². The van der Waals surface area contributed by atoms with Gasteiger partial charge in [-0.15, -0.1) is 0 Å². The van der Waals surface area contributed by atoms with Gasteiger partial charge < -0.3 is 99.4 Å². The summed E-state index contributed by atoms with van der Waals surface area (Å²) in [5.74, 6) is -0.633. The van der Waals surface area contributed by atoms with Crippen LogP contribution in [-0.2, 0) is 42.7 Å². The van der Waals surface area contributed by atoms with Gasteiger partial charge in [-0.3, -0.25) is 4.79 Å². The highest BCUT2D eigenvalue weighted by Gasteiger charge is 2.56. The molecular formula is C29H50N4O20. The van der Waals surface area contributed by atoms with E-state index in [2.05, 4.69) is 15.3 Å². The molecular weight excluding hydrogens is 724 g/mol. The highest BCUT2D eigenvalue weighted by atomic mass is 16.8. The number of azide groups is 1. The van der Waals surface area contributed by atoms with Crippen LogP contribution >= 0.6 is 0 Å². The van der Waals surface area contributed by atoms with E-state index in [0.29, 0.717) is 0 Å². The maximum atomic E-state index is 12.2. The quantitative estimate of drug-likeness (QED) is 0.0318. The number of aliphatic hydroxyl groups is 11. The smallest absolute Gasteiger partial charge is 0.217 e. The van der Waals surface area contributed by atoms with Crippen LogP contribution in [0.15, 0.2) is 5.11 Å². The Morgan fingerprint density at radius 3 is 1.79 bits per heavy atom. The molecule has 0 saturated carbocycles. The molecule has 4 rings (SSSR count). The zero-order valence-corrected chi connectivity index (χ0v) is 28.7. The Kier molecular flexibility index (Phi) is 16.3. The predicted octanol–water partition coefficient (Wildman–Crippen LogP) is -6.85. The van der Waals surface area contributed by atoms with Gasteiger partial charge in [-0.05, 0) is 18.9 Å². The summed E-state index contributed by atoms with van der Waals surface area (Å²) in [6, 6.07) is -1.36. The fourth-order valence-electron chi connectivity index (χ4n) is 6.37. The number of amides is 1. The molecule has 9 unspecified atom stereocenters. The summed E-state index contributed by atoms with van der Waals surface area (Å²) < 4.78 is 46.3. The third kappa shape index (κ3) is 10.1. The highest BCUT2D eigenvalue weighted by Crippen LogP contribution is 2.36. The van der Waals surface area contributed by atoms with Crippen LogP contribution in [0.1, 0.15) is 20.3 Å². The van der Waals surface area contributed by atoms with Crippen molar-refractivity contribution in [3.63, 3.8) is 0 Å². The van der Waals surface area contributed by atoms with Gasteiger partial charge in [-0.1, -0.05) is 5.11 Å². The third-order valence-corrected chi connectivity index (χ3v) is 9.30. The van der Waals surface area contributed by atoms with Crippen LogP contribution in [0.25, 0.3) is 10.4 Å². The topological polar surface area (TPSA) is 374 Å². The minimum absolute atomic E-state index is 0.0601. The van der Waals surface area contributed by atoms with Crippen LogP contribution in [0.5, 0.6) is 0 Å². The first kappa shape index (κ1) is 43.7. The molecule has 24 nitrogen and oxygen atoms in total. The van der Waals surface area contributed by atoms with Crippen molar-refractivity contribution in [3.8, 4) is 0 Å². The highest BCUT2D eigenvalue weighted by molar-refractivity contribution is 5.73. The summed E-state index contributed by atoms with van der Waals surface area (Å²) in [5.41, 5.74) is 8.51. The molecule has 0 aromatic carbocycles. The molecule has 24 heteroatoms. The molecule has 4 aliphatic heterocycles. The number of hydrogen-bond donors (Lipinski definition) is 12. The number of rotatable bonds is 15. The third-order valence-electron chi connectivity index (χ3n) is 9.30. The first-order chi connectivity index (χ1) is 25.2. The molecule has 0 aromatic rings. The fraction of sp³-hybridized carbons (Fsp3) is 0.966. The summed E-state index contributed by atoms with van der Waals surface area (Å²) >= 11 is 0. The van der Waals surface area contributed by atoms with Crippen molar-refractivity contribution in [1.29, 1.82) is 0 Å². The first-order valence-corrected chi connectivity index (χ1v) is 16.9. The molecule has 4 heterocycles. The lowest BCUT2D eigenvalue weighted by molar-refractivity contribution is -0.402. The second-order valence-corrected chi connectivity index (χ2v) is 13.0. The van der Waals surface area contributed by atoms with E-state index in [0.717, 1.165) is 6.92 Å². The number of hydrogen-bond acceptors (Lipinski definition) is 21.